The number of hydrogen-bond donors (Lipinski definition) is 2. The molecule has 3 N–H and O–H groups in total. The number of thioether (sulfide) groups is 1. The van der Waals surface area contributed by atoms with Gasteiger partial charge in [0, 0.05) is 5.75 Å². The Balaban J connectivity index is 2.11. The molecule has 0 saturated carbocycles. The summed E-state index contributed by atoms with van der Waals surface area (Å²) in [5.41, 5.74) is 8.75. The predicted octanol–water partition coefficient (Wildman–Crippen LogP) is 3.92. The van der Waals surface area contributed by atoms with E-state index in [1.54, 1.807) is 11.8 Å². The first kappa shape index (κ1) is 21.5. The van der Waals surface area contributed by atoms with Gasteiger partial charge in [0.1, 0.15) is 6.04 Å². The van der Waals surface area contributed by atoms with Gasteiger partial charge in [-0.15, -0.1) is 11.8 Å². The summed E-state index contributed by atoms with van der Waals surface area (Å²) in [6, 6.07) is 29.4. The van der Waals surface area contributed by atoms with Gasteiger partial charge in [-0.2, -0.15) is 0 Å². The lowest BCUT2D eigenvalue weighted by Crippen LogP contribution is -2.47. The molecule has 30 heavy (non-hydrogen) atoms. The van der Waals surface area contributed by atoms with Gasteiger partial charge in [0.25, 0.3) is 0 Å². The number of carbonyl (C=O) groups excluding carboxylic acids is 2. The molecule has 0 bridgehead atoms. The van der Waals surface area contributed by atoms with Crippen molar-refractivity contribution in [3.63, 3.8) is 0 Å². The van der Waals surface area contributed by atoms with E-state index in [9.17, 15) is 9.59 Å². The van der Waals surface area contributed by atoms with Crippen LogP contribution in [0.4, 0.5) is 4.79 Å². The molecule has 0 fully saturated rings. The first-order chi connectivity index (χ1) is 14.6. The average molecular weight is 421 g/mol. The van der Waals surface area contributed by atoms with Gasteiger partial charge >= 0.3 is 6.09 Å². The van der Waals surface area contributed by atoms with Crippen LogP contribution in [0.25, 0.3) is 0 Å². The van der Waals surface area contributed by atoms with E-state index in [1.165, 1.54) is 7.11 Å². The molecule has 6 heteroatoms. The van der Waals surface area contributed by atoms with Gasteiger partial charge in [0.2, 0.25) is 5.91 Å². The van der Waals surface area contributed by atoms with Crippen molar-refractivity contribution in [2.24, 2.45) is 5.73 Å². The van der Waals surface area contributed by atoms with Crippen molar-refractivity contribution in [3.05, 3.63) is 108 Å². The van der Waals surface area contributed by atoms with Crippen molar-refractivity contribution in [1.82, 2.24) is 5.32 Å². The number of alkyl carbamates (subject to hydrolysis) is 1. The first-order valence-corrected chi connectivity index (χ1v) is 10.5. The van der Waals surface area contributed by atoms with Gasteiger partial charge in [-0.25, -0.2) is 4.79 Å². The molecule has 154 valence electrons. The predicted molar refractivity (Wildman–Crippen MR) is 120 cm³/mol. The minimum Gasteiger partial charge on any atom is -0.453 e. The van der Waals surface area contributed by atoms with Crippen LogP contribution < -0.4 is 11.1 Å². The number of hydrogen-bond acceptors (Lipinski definition) is 4. The Morgan fingerprint density at radius 1 is 0.867 bits per heavy atom. The third-order valence-corrected chi connectivity index (χ3v) is 6.47. The topological polar surface area (TPSA) is 81.4 Å². The van der Waals surface area contributed by atoms with Crippen LogP contribution in [-0.2, 0) is 14.3 Å². The van der Waals surface area contributed by atoms with Crippen LogP contribution in [0.5, 0.6) is 0 Å². The lowest BCUT2D eigenvalue weighted by atomic mass is 9.84. The van der Waals surface area contributed by atoms with Gasteiger partial charge in [-0.3, -0.25) is 4.79 Å². The monoisotopic (exact) mass is 420 g/mol. The van der Waals surface area contributed by atoms with Gasteiger partial charge in [0.05, 0.1) is 11.9 Å². The maximum Gasteiger partial charge on any atom is 0.407 e. The number of nitrogens with two attached hydrogens (primary N) is 1. The third-order valence-electron chi connectivity index (χ3n) is 4.83. The van der Waals surface area contributed by atoms with E-state index in [-0.39, 0.29) is 5.75 Å². The van der Waals surface area contributed by atoms with E-state index < -0.39 is 22.8 Å². The number of amides is 2. The zero-order valence-corrected chi connectivity index (χ0v) is 17.5. The Labute approximate surface area is 180 Å². The number of methoxy groups -OCH3 is 1. The lowest BCUT2D eigenvalue weighted by molar-refractivity contribution is -0.119. The molecule has 5 nitrogen and oxygen atoms in total. The molecule has 0 unspecified atom stereocenters. The minimum absolute atomic E-state index is 0.267. The van der Waals surface area contributed by atoms with Gasteiger partial charge < -0.3 is 15.8 Å². The van der Waals surface area contributed by atoms with Crippen LogP contribution in [0.2, 0.25) is 0 Å². The fourth-order valence-corrected chi connectivity index (χ4v) is 4.95. The minimum atomic E-state index is -0.877. The molecule has 3 aromatic rings. The summed E-state index contributed by atoms with van der Waals surface area (Å²) < 4.78 is 4.05. The molecule has 0 saturated heterocycles. The zero-order valence-electron chi connectivity index (χ0n) is 16.7. The van der Waals surface area contributed by atoms with Crippen molar-refractivity contribution in [1.29, 1.82) is 0 Å². The van der Waals surface area contributed by atoms with E-state index in [1.807, 2.05) is 54.6 Å². The maximum atomic E-state index is 12.0. The van der Waals surface area contributed by atoms with Crippen LogP contribution in [0.15, 0.2) is 91.0 Å². The normalized spacial score (nSPS) is 12.0. The van der Waals surface area contributed by atoms with Crippen LogP contribution in [-0.4, -0.2) is 30.9 Å². The molecule has 3 aromatic carbocycles. The second-order valence-corrected chi connectivity index (χ2v) is 7.92. The van der Waals surface area contributed by atoms with Crippen LogP contribution in [0.3, 0.4) is 0 Å². The molecule has 0 spiro atoms. The molecule has 0 aliphatic heterocycles. The van der Waals surface area contributed by atoms with E-state index in [4.69, 9.17) is 5.73 Å². The molecular weight excluding hydrogens is 396 g/mol. The SMILES string of the molecule is COC(=O)N[C@@H](CSC(c1ccccc1)(c1ccccc1)c1ccccc1)C(N)=O. The molecule has 0 aliphatic carbocycles. The summed E-state index contributed by atoms with van der Waals surface area (Å²) in [7, 11) is 1.25. The molecule has 0 radical (unpaired) electrons. The van der Waals surface area contributed by atoms with Gasteiger partial charge in [-0.1, -0.05) is 91.0 Å². The second kappa shape index (κ2) is 9.98. The molecule has 1 atom stereocenters. The zero-order chi connectivity index (χ0) is 21.4. The molecule has 0 aliphatic rings. The summed E-state index contributed by atoms with van der Waals surface area (Å²) in [6.07, 6.45) is -0.691. The number of primary amides is 1. The van der Waals surface area contributed by atoms with Crippen LogP contribution in [0, 0.1) is 0 Å². The highest BCUT2D eigenvalue weighted by Gasteiger charge is 2.38. The highest BCUT2D eigenvalue weighted by Crippen LogP contribution is 2.48. The fourth-order valence-electron chi connectivity index (χ4n) is 3.37. The smallest absolute Gasteiger partial charge is 0.407 e. The van der Waals surface area contributed by atoms with Crippen molar-refractivity contribution >= 4 is 23.8 Å². The third kappa shape index (κ3) is 4.66. The summed E-state index contributed by atoms with van der Waals surface area (Å²) in [5.74, 6) is -0.348. The van der Waals surface area contributed by atoms with Crippen molar-refractivity contribution < 1.29 is 14.3 Å². The molecule has 3 rings (SSSR count). The Hall–Kier alpha value is -3.25. The standard InChI is InChI=1S/C24H24N2O3S/c1-29-23(28)26-21(22(25)27)17-30-24(18-11-5-2-6-12-18,19-13-7-3-8-14-19)20-15-9-4-10-16-20/h2-16,21H,17H2,1H3,(H2,25,27)(H,26,28)/t21-/m0/s1. The lowest BCUT2D eigenvalue weighted by Gasteiger charge is -2.36. The Kier molecular flexibility index (Phi) is 7.14. The summed E-state index contributed by atoms with van der Waals surface area (Å²) in [6.45, 7) is 0. The number of carbonyl (C=O) groups is 2. The quantitative estimate of drug-likeness (QED) is 0.541. The Bertz CT molecular complexity index is 869. The molecule has 0 aromatic heterocycles. The highest BCUT2D eigenvalue weighted by atomic mass is 32.2. The average Bonchev–Trinajstić information content (AvgIpc) is 2.80. The number of ether oxygens (including phenoxy) is 1. The second-order valence-electron chi connectivity index (χ2n) is 6.68. The maximum absolute atomic E-state index is 12.0. The number of benzene rings is 3. The molecule has 0 heterocycles. The summed E-state index contributed by atoms with van der Waals surface area (Å²) in [4.78, 5) is 23.7. The van der Waals surface area contributed by atoms with E-state index in [0.717, 1.165) is 16.7 Å². The highest BCUT2D eigenvalue weighted by molar-refractivity contribution is 8.00. The van der Waals surface area contributed by atoms with Gasteiger partial charge in [-0.05, 0) is 16.7 Å². The van der Waals surface area contributed by atoms with Crippen LogP contribution >= 0.6 is 11.8 Å². The molecular formula is C24H24N2O3S. The Morgan fingerprint density at radius 2 is 1.27 bits per heavy atom. The van der Waals surface area contributed by atoms with E-state index in [0.29, 0.717) is 0 Å². The molecule has 2 amide bonds. The van der Waals surface area contributed by atoms with Crippen molar-refractivity contribution in [3.8, 4) is 0 Å². The summed E-state index contributed by atoms with van der Waals surface area (Å²) >= 11 is 1.55. The summed E-state index contributed by atoms with van der Waals surface area (Å²) in [5, 5.41) is 2.54. The number of rotatable bonds is 8. The van der Waals surface area contributed by atoms with Gasteiger partial charge in [0.15, 0.2) is 0 Å². The largest absolute Gasteiger partial charge is 0.453 e. The van der Waals surface area contributed by atoms with E-state index >= 15 is 0 Å². The van der Waals surface area contributed by atoms with Crippen molar-refractivity contribution in [2.45, 2.75) is 10.8 Å². The first-order valence-electron chi connectivity index (χ1n) is 9.52. The fraction of sp³-hybridized carbons (Fsp3) is 0.167. The number of nitrogens with one attached hydrogen (secondary N) is 1. The Morgan fingerprint density at radius 3 is 1.60 bits per heavy atom. The van der Waals surface area contributed by atoms with E-state index in [2.05, 4.69) is 46.5 Å². The van der Waals surface area contributed by atoms with Crippen molar-refractivity contribution in [2.75, 3.05) is 12.9 Å². The van der Waals surface area contributed by atoms with Crippen LogP contribution in [0.1, 0.15) is 16.7 Å².